The Kier molecular flexibility index (Phi) is 2.80. The minimum absolute atomic E-state index is 0.152. The predicted molar refractivity (Wildman–Crippen MR) is 45.4 cm³/mol. The standard InChI is InChI=1S/C9H9F3N/c1-13-8-4-2-3-7(5-8)6-9(10,11)12/h2-6,13H,1H3. The van der Waals surface area contributed by atoms with Crippen LogP contribution in [0.2, 0.25) is 0 Å². The summed E-state index contributed by atoms with van der Waals surface area (Å²) in [5, 5.41) is 2.77. The summed E-state index contributed by atoms with van der Waals surface area (Å²) in [6.07, 6.45) is -3.99. The topological polar surface area (TPSA) is 12.0 Å². The van der Waals surface area contributed by atoms with Crippen molar-refractivity contribution in [2.75, 3.05) is 12.4 Å². The smallest absolute Gasteiger partial charge is 0.388 e. The Bertz CT molecular complexity index is 280. The fourth-order valence-corrected chi connectivity index (χ4v) is 0.973. The van der Waals surface area contributed by atoms with Crippen molar-refractivity contribution in [3.63, 3.8) is 0 Å². The van der Waals surface area contributed by atoms with Gasteiger partial charge in [-0.3, -0.25) is 0 Å². The summed E-state index contributed by atoms with van der Waals surface area (Å²) < 4.78 is 35.7. The van der Waals surface area contributed by atoms with E-state index in [1.807, 2.05) is 0 Å². The van der Waals surface area contributed by atoms with Crippen LogP contribution in [-0.2, 0) is 0 Å². The Morgan fingerprint density at radius 1 is 1.31 bits per heavy atom. The maximum absolute atomic E-state index is 11.9. The van der Waals surface area contributed by atoms with E-state index in [1.54, 1.807) is 19.2 Å². The molecule has 0 aliphatic carbocycles. The normalized spacial score (nSPS) is 11.4. The molecule has 1 aromatic rings. The Morgan fingerprint density at radius 3 is 2.54 bits per heavy atom. The van der Waals surface area contributed by atoms with Gasteiger partial charge in [-0.2, -0.15) is 13.2 Å². The molecule has 0 aliphatic rings. The highest BCUT2D eigenvalue weighted by molar-refractivity contribution is 5.47. The van der Waals surface area contributed by atoms with Crippen molar-refractivity contribution in [2.45, 2.75) is 6.18 Å². The molecule has 0 aromatic heterocycles. The van der Waals surface area contributed by atoms with Crippen molar-refractivity contribution in [1.29, 1.82) is 0 Å². The molecule has 13 heavy (non-hydrogen) atoms. The van der Waals surface area contributed by atoms with E-state index in [2.05, 4.69) is 5.32 Å². The van der Waals surface area contributed by atoms with Gasteiger partial charge in [0.1, 0.15) is 0 Å². The Balaban J connectivity index is 2.78. The van der Waals surface area contributed by atoms with Crippen LogP contribution in [0.5, 0.6) is 0 Å². The second kappa shape index (κ2) is 3.68. The first-order valence-corrected chi connectivity index (χ1v) is 3.72. The van der Waals surface area contributed by atoms with Crippen molar-refractivity contribution in [1.82, 2.24) is 0 Å². The van der Waals surface area contributed by atoms with E-state index in [9.17, 15) is 13.2 Å². The highest BCUT2D eigenvalue weighted by Crippen LogP contribution is 2.24. The van der Waals surface area contributed by atoms with Crippen molar-refractivity contribution in [3.05, 3.63) is 36.2 Å². The van der Waals surface area contributed by atoms with Gasteiger partial charge >= 0.3 is 6.18 Å². The highest BCUT2D eigenvalue weighted by atomic mass is 19.4. The zero-order valence-electron chi connectivity index (χ0n) is 7.02. The maximum Gasteiger partial charge on any atom is 0.396 e. The molecular weight excluding hydrogens is 179 g/mol. The van der Waals surface area contributed by atoms with Crippen LogP contribution < -0.4 is 5.32 Å². The van der Waals surface area contributed by atoms with E-state index < -0.39 is 6.18 Å². The summed E-state index contributed by atoms with van der Waals surface area (Å²) in [6.45, 7) is 0. The molecule has 1 radical (unpaired) electrons. The Hall–Kier alpha value is -1.19. The first kappa shape index (κ1) is 9.89. The summed E-state index contributed by atoms with van der Waals surface area (Å²) in [4.78, 5) is 0. The summed E-state index contributed by atoms with van der Waals surface area (Å²) in [7, 11) is 1.66. The Morgan fingerprint density at radius 2 is 2.00 bits per heavy atom. The third-order valence-electron chi connectivity index (χ3n) is 1.51. The first-order valence-electron chi connectivity index (χ1n) is 3.72. The van der Waals surface area contributed by atoms with Gasteiger partial charge in [0.15, 0.2) is 0 Å². The Labute approximate surface area is 74.6 Å². The molecule has 0 unspecified atom stereocenters. The molecule has 0 fully saturated rings. The van der Waals surface area contributed by atoms with Gasteiger partial charge in [-0.1, -0.05) is 12.1 Å². The molecule has 1 rings (SSSR count). The van der Waals surface area contributed by atoms with Gasteiger partial charge in [0, 0.05) is 12.7 Å². The predicted octanol–water partition coefficient (Wildman–Crippen LogP) is 2.84. The lowest BCUT2D eigenvalue weighted by molar-refractivity contribution is -0.0927. The largest absolute Gasteiger partial charge is 0.396 e. The van der Waals surface area contributed by atoms with E-state index in [1.165, 1.54) is 12.1 Å². The third-order valence-corrected chi connectivity index (χ3v) is 1.51. The fraction of sp³-hybridized carbons (Fsp3) is 0.222. The lowest BCUT2D eigenvalue weighted by atomic mass is 10.1. The molecule has 0 amide bonds. The van der Waals surface area contributed by atoms with Crippen LogP contribution in [0.25, 0.3) is 0 Å². The van der Waals surface area contributed by atoms with Crippen LogP contribution in [0.15, 0.2) is 24.3 Å². The van der Waals surface area contributed by atoms with Crippen molar-refractivity contribution < 1.29 is 13.2 Å². The maximum atomic E-state index is 11.9. The van der Waals surface area contributed by atoms with Gasteiger partial charge in [-0.05, 0) is 17.7 Å². The molecule has 0 atom stereocenters. The fourth-order valence-electron chi connectivity index (χ4n) is 0.973. The number of hydrogen-bond acceptors (Lipinski definition) is 1. The van der Waals surface area contributed by atoms with Gasteiger partial charge in [-0.25, -0.2) is 0 Å². The van der Waals surface area contributed by atoms with Crippen LogP contribution in [0.3, 0.4) is 0 Å². The van der Waals surface area contributed by atoms with Crippen LogP contribution >= 0.6 is 0 Å². The van der Waals surface area contributed by atoms with E-state index >= 15 is 0 Å². The monoisotopic (exact) mass is 188 g/mol. The van der Waals surface area contributed by atoms with Gasteiger partial charge in [0.05, 0.1) is 6.42 Å². The van der Waals surface area contributed by atoms with Crippen molar-refractivity contribution >= 4 is 5.69 Å². The van der Waals surface area contributed by atoms with Crippen molar-refractivity contribution in [3.8, 4) is 0 Å². The summed E-state index contributed by atoms with van der Waals surface area (Å²) >= 11 is 0. The average Bonchev–Trinajstić information content (AvgIpc) is 2.01. The lowest BCUT2D eigenvalue weighted by Gasteiger charge is -2.07. The second-order valence-electron chi connectivity index (χ2n) is 2.56. The summed E-state index contributed by atoms with van der Waals surface area (Å²) in [6, 6.07) is 6.12. The minimum Gasteiger partial charge on any atom is -0.388 e. The molecule has 1 nitrogen and oxygen atoms in total. The third kappa shape index (κ3) is 3.36. The second-order valence-corrected chi connectivity index (χ2v) is 2.56. The van der Waals surface area contributed by atoms with Crippen LogP contribution in [-0.4, -0.2) is 13.2 Å². The number of nitrogens with one attached hydrogen (secondary N) is 1. The molecule has 71 valence electrons. The van der Waals surface area contributed by atoms with Crippen LogP contribution in [0.4, 0.5) is 18.9 Å². The summed E-state index contributed by atoms with van der Waals surface area (Å²) in [5.41, 5.74) is 0.817. The van der Waals surface area contributed by atoms with E-state index in [4.69, 9.17) is 0 Å². The molecule has 0 bridgehead atoms. The van der Waals surface area contributed by atoms with E-state index in [0.717, 1.165) is 0 Å². The average molecular weight is 188 g/mol. The quantitative estimate of drug-likeness (QED) is 0.752. The van der Waals surface area contributed by atoms with Crippen molar-refractivity contribution in [2.24, 2.45) is 0 Å². The zero-order valence-corrected chi connectivity index (χ0v) is 7.02. The highest BCUT2D eigenvalue weighted by Gasteiger charge is 2.28. The molecule has 1 N–H and O–H groups in total. The molecule has 0 saturated carbocycles. The number of halogens is 3. The summed E-state index contributed by atoms with van der Waals surface area (Å²) in [5.74, 6) is 0. The van der Waals surface area contributed by atoms with Gasteiger partial charge in [0.25, 0.3) is 0 Å². The van der Waals surface area contributed by atoms with E-state index in [-0.39, 0.29) is 12.0 Å². The molecule has 1 aromatic carbocycles. The minimum atomic E-state index is -4.26. The van der Waals surface area contributed by atoms with Gasteiger partial charge in [0.2, 0.25) is 0 Å². The number of anilines is 1. The lowest BCUT2D eigenvalue weighted by Crippen LogP contribution is -2.08. The number of benzene rings is 1. The molecular formula is C9H9F3N. The number of rotatable bonds is 2. The zero-order chi connectivity index (χ0) is 9.90. The number of alkyl halides is 3. The SMILES string of the molecule is CNc1cccc([CH]C(F)(F)F)c1. The van der Waals surface area contributed by atoms with Crippen LogP contribution in [0.1, 0.15) is 5.56 Å². The molecule has 0 heterocycles. The van der Waals surface area contributed by atoms with Crippen LogP contribution in [0, 0.1) is 6.42 Å². The molecule has 0 aliphatic heterocycles. The molecule has 4 heteroatoms. The van der Waals surface area contributed by atoms with Gasteiger partial charge in [-0.15, -0.1) is 0 Å². The first-order chi connectivity index (χ1) is 6.01. The molecule has 0 spiro atoms. The molecule has 0 saturated heterocycles. The van der Waals surface area contributed by atoms with E-state index in [0.29, 0.717) is 5.69 Å². The number of hydrogen-bond donors (Lipinski definition) is 1. The van der Waals surface area contributed by atoms with Gasteiger partial charge < -0.3 is 5.32 Å².